The molecule has 1 N–H and O–H groups in total. The molecule has 0 bridgehead atoms. The maximum atomic E-state index is 10.5. The van der Waals surface area contributed by atoms with Crippen LogP contribution in [0.5, 0.6) is 0 Å². The highest BCUT2D eigenvalue weighted by Gasteiger charge is 2.15. The van der Waals surface area contributed by atoms with Crippen molar-refractivity contribution in [3.63, 3.8) is 0 Å². The number of rotatable bonds is 3. The number of hydrogen-bond acceptors (Lipinski definition) is 2. The van der Waals surface area contributed by atoms with Crippen molar-refractivity contribution in [1.29, 1.82) is 0 Å². The van der Waals surface area contributed by atoms with Gasteiger partial charge in [-0.3, -0.25) is 0 Å². The molecule has 3 rings (SSSR count). The highest BCUT2D eigenvalue weighted by atomic mass is 16.4. The monoisotopic (exact) mass is 280 g/mol. The quantitative estimate of drug-likeness (QED) is 0.758. The van der Waals surface area contributed by atoms with Gasteiger partial charge < -0.3 is 9.52 Å². The Morgan fingerprint density at radius 2 is 1.71 bits per heavy atom. The minimum atomic E-state index is -0.613. The zero-order valence-corrected chi connectivity index (χ0v) is 12.7. The molecule has 3 aromatic rings. The second-order valence-corrected chi connectivity index (χ2v) is 5.86. The number of hydrogen-bond donors (Lipinski definition) is 1. The Bertz CT molecular complexity index is 763. The molecular weight excluding hydrogens is 260 g/mol. The molecule has 2 nitrogen and oxygen atoms in total. The van der Waals surface area contributed by atoms with E-state index in [9.17, 15) is 5.11 Å². The third-order valence-electron chi connectivity index (χ3n) is 3.80. The van der Waals surface area contributed by atoms with Crippen LogP contribution in [-0.4, -0.2) is 5.11 Å². The van der Waals surface area contributed by atoms with Crippen LogP contribution in [0.25, 0.3) is 11.0 Å². The first-order valence-electron chi connectivity index (χ1n) is 7.27. The first-order chi connectivity index (χ1) is 10.0. The Kier molecular flexibility index (Phi) is 3.56. The van der Waals surface area contributed by atoms with Gasteiger partial charge in [-0.15, -0.1) is 0 Å². The normalized spacial score (nSPS) is 12.8. The summed E-state index contributed by atoms with van der Waals surface area (Å²) in [6.45, 7) is 6.17. The van der Waals surface area contributed by atoms with Gasteiger partial charge in [0, 0.05) is 11.8 Å². The van der Waals surface area contributed by atoms with E-state index in [0.29, 0.717) is 12.2 Å². The molecule has 0 fully saturated rings. The van der Waals surface area contributed by atoms with Crippen LogP contribution >= 0.6 is 0 Å². The Balaban J connectivity index is 1.89. The maximum absolute atomic E-state index is 10.5. The molecule has 1 unspecified atom stereocenters. The van der Waals surface area contributed by atoms with Gasteiger partial charge in [-0.05, 0) is 38.0 Å². The largest absolute Gasteiger partial charge is 0.458 e. The summed E-state index contributed by atoms with van der Waals surface area (Å²) in [5.74, 6) is 0.637. The van der Waals surface area contributed by atoms with Gasteiger partial charge in [0.05, 0.1) is 0 Å². The first-order valence-corrected chi connectivity index (χ1v) is 7.27. The van der Waals surface area contributed by atoms with Crippen molar-refractivity contribution in [2.24, 2.45) is 0 Å². The molecule has 1 heterocycles. The predicted molar refractivity (Wildman–Crippen MR) is 85.5 cm³/mol. The second-order valence-electron chi connectivity index (χ2n) is 5.86. The lowest BCUT2D eigenvalue weighted by Gasteiger charge is -2.09. The van der Waals surface area contributed by atoms with Crippen LogP contribution in [-0.2, 0) is 6.42 Å². The molecule has 0 aliphatic carbocycles. The van der Waals surface area contributed by atoms with Gasteiger partial charge >= 0.3 is 0 Å². The highest BCUT2D eigenvalue weighted by Crippen LogP contribution is 2.28. The third kappa shape index (κ3) is 2.86. The lowest BCUT2D eigenvalue weighted by molar-refractivity contribution is 0.152. The maximum Gasteiger partial charge on any atom is 0.137 e. The zero-order valence-electron chi connectivity index (χ0n) is 12.7. The molecular formula is C19H20O2. The minimum absolute atomic E-state index is 0.571. The number of aliphatic hydroxyl groups is 1. The lowest BCUT2D eigenvalue weighted by atomic mass is 10.0. The van der Waals surface area contributed by atoms with E-state index in [1.54, 1.807) is 0 Å². The third-order valence-corrected chi connectivity index (χ3v) is 3.80. The van der Waals surface area contributed by atoms with Crippen LogP contribution in [0.4, 0.5) is 0 Å². The Hall–Kier alpha value is -2.06. The van der Waals surface area contributed by atoms with E-state index in [1.807, 2.05) is 31.2 Å². The van der Waals surface area contributed by atoms with Crippen molar-refractivity contribution < 1.29 is 9.52 Å². The summed E-state index contributed by atoms with van der Waals surface area (Å²) in [5.41, 5.74) is 5.54. The summed E-state index contributed by atoms with van der Waals surface area (Å²) < 4.78 is 5.84. The number of aliphatic hydroxyl groups excluding tert-OH is 1. The summed E-state index contributed by atoms with van der Waals surface area (Å²) >= 11 is 0. The van der Waals surface area contributed by atoms with Crippen LogP contribution in [0, 0.1) is 20.8 Å². The molecule has 0 saturated carbocycles. The van der Waals surface area contributed by atoms with E-state index >= 15 is 0 Å². The fourth-order valence-corrected chi connectivity index (χ4v) is 2.90. The summed E-state index contributed by atoms with van der Waals surface area (Å²) in [6.07, 6.45) is -0.0421. The molecule has 0 aliphatic heterocycles. The number of aryl methyl sites for hydroxylation is 3. The van der Waals surface area contributed by atoms with Crippen molar-refractivity contribution in [2.45, 2.75) is 33.3 Å². The zero-order chi connectivity index (χ0) is 15.0. The van der Waals surface area contributed by atoms with Gasteiger partial charge in [-0.25, -0.2) is 0 Å². The van der Waals surface area contributed by atoms with Crippen molar-refractivity contribution in [2.75, 3.05) is 0 Å². The van der Waals surface area contributed by atoms with E-state index in [2.05, 4.69) is 32.0 Å². The molecule has 0 spiro atoms. The first kappa shape index (κ1) is 13.9. The van der Waals surface area contributed by atoms with Gasteiger partial charge in [0.1, 0.15) is 17.4 Å². The lowest BCUT2D eigenvalue weighted by Crippen LogP contribution is -2.01. The molecule has 21 heavy (non-hydrogen) atoms. The molecule has 1 aromatic heterocycles. The van der Waals surface area contributed by atoms with Crippen LogP contribution < -0.4 is 0 Å². The molecule has 0 amide bonds. The van der Waals surface area contributed by atoms with Gasteiger partial charge in [0.2, 0.25) is 0 Å². The molecule has 0 saturated heterocycles. The van der Waals surface area contributed by atoms with Crippen LogP contribution in [0.3, 0.4) is 0 Å². The number of furan rings is 1. The summed E-state index contributed by atoms with van der Waals surface area (Å²) in [7, 11) is 0. The van der Waals surface area contributed by atoms with Crippen molar-refractivity contribution in [3.8, 4) is 0 Å². The standard InChI is InChI=1S/C19H20O2/c1-12-7-13(2)9-15(8-12)10-17(20)18-11-16-6-4-5-14(3)19(16)21-18/h4-9,11,17,20H,10H2,1-3H3. The summed E-state index contributed by atoms with van der Waals surface area (Å²) in [6, 6.07) is 14.3. The molecule has 0 aliphatic rings. The SMILES string of the molecule is Cc1cc(C)cc(CC(O)c2cc3cccc(C)c3o2)c1. The van der Waals surface area contributed by atoms with E-state index in [1.165, 1.54) is 11.1 Å². The number of para-hydroxylation sites is 1. The van der Waals surface area contributed by atoms with Gasteiger partial charge in [0.25, 0.3) is 0 Å². The summed E-state index contributed by atoms with van der Waals surface area (Å²) in [5, 5.41) is 11.5. The Morgan fingerprint density at radius 1 is 1.00 bits per heavy atom. The van der Waals surface area contributed by atoms with Crippen LogP contribution in [0.1, 0.15) is 34.1 Å². The molecule has 1 atom stereocenters. The molecule has 0 radical (unpaired) electrons. The van der Waals surface area contributed by atoms with Crippen molar-refractivity contribution in [3.05, 3.63) is 70.5 Å². The summed E-state index contributed by atoms with van der Waals surface area (Å²) in [4.78, 5) is 0. The topological polar surface area (TPSA) is 33.4 Å². The van der Waals surface area contributed by atoms with Crippen molar-refractivity contribution in [1.82, 2.24) is 0 Å². The Labute approximate surface area is 125 Å². The predicted octanol–water partition coefficient (Wildman–Crippen LogP) is 4.63. The average molecular weight is 280 g/mol. The minimum Gasteiger partial charge on any atom is -0.458 e. The average Bonchev–Trinajstić information content (AvgIpc) is 2.83. The van der Waals surface area contributed by atoms with E-state index in [4.69, 9.17) is 4.42 Å². The van der Waals surface area contributed by atoms with Gasteiger partial charge in [0.15, 0.2) is 0 Å². The van der Waals surface area contributed by atoms with Crippen LogP contribution in [0.2, 0.25) is 0 Å². The highest BCUT2D eigenvalue weighted by molar-refractivity contribution is 5.80. The number of benzene rings is 2. The number of fused-ring (bicyclic) bond motifs is 1. The van der Waals surface area contributed by atoms with E-state index < -0.39 is 6.10 Å². The van der Waals surface area contributed by atoms with Crippen molar-refractivity contribution >= 4 is 11.0 Å². The fourth-order valence-electron chi connectivity index (χ4n) is 2.90. The fraction of sp³-hybridized carbons (Fsp3) is 0.263. The van der Waals surface area contributed by atoms with E-state index in [-0.39, 0.29) is 0 Å². The molecule has 2 aromatic carbocycles. The smallest absolute Gasteiger partial charge is 0.137 e. The second kappa shape index (κ2) is 5.38. The van der Waals surface area contributed by atoms with Gasteiger partial charge in [-0.1, -0.05) is 47.5 Å². The Morgan fingerprint density at radius 3 is 2.38 bits per heavy atom. The van der Waals surface area contributed by atoms with Crippen LogP contribution in [0.15, 0.2) is 46.9 Å². The molecule has 2 heteroatoms. The van der Waals surface area contributed by atoms with E-state index in [0.717, 1.165) is 22.1 Å². The van der Waals surface area contributed by atoms with Gasteiger partial charge in [-0.2, -0.15) is 0 Å². The molecule has 108 valence electrons.